The molecule has 0 saturated heterocycles. The van der Waals surface area contributed by atoms with Crippen molar-refractivity contribution in [3.05, 3.63) is 56.7 Å². The van der Waals surface area contributed by atoms with Crippen LogP contribution in [0.15, 0.2) is 29.4 Å². The van der Waals surface area contributed by atoms with Gasteiger partial charge in [-0.15, -0.1) is 21.5 Å². The molecule has 0 spiro atoms. The monoisotopic (exact) mass is 561 g/mol. The van der Waals surface area contributed by atoms with Crippen molar-refractivity contribution in [3.63, 3.8) is 0 Å². The van der Waals surface area contributed by atoms with Crippen LogP contribution in [0.4, 0.5) is 5.00 Å². The zero-order valence-corrected chi connectivity index (χ0v) is 23.2. The highest BCUT2D eigenvalue weighted by Crippen LogP contribution is 2.38. The molecule has 0 fully saturated rings. The second-order valence-corrected chi connectivity index (χ2v) is 11.1. The number of thiophene rings is 1. The summed E-state index contributed by atoms with van der Waals surface area (Å²) in [6, 6.07) is 6.21. The first-order valence-corrected chi connectivity index (χ1v) is 14.2. The molecule has 37 heavy (non-hydrogen) atoms. The van der Waals surface area contributed by atoms with Crippen molar-refractivity contribution >= 4 is 57.5 Å². The number of benzene rings is 1. The summed E-state index contributed by atoms with van der Waals surface area (Å²) >= 11 is 8.58. The Bertz CT molecular complexity index is 1310. The highest BCUT2D eigenvalue weighted by atomic mass is 35.5. The molecule has 9 nitrogen and oxygen atoms in total. The molecule has 4 rings (SSSR count). The molecule has 0 radical (unpaired) electrons. The first-order valence-electron chi connectivity index (χ1n) is 12.0. The lowest BCUT2D eigenvalue weighted by Crippen LogP contribution is -2.28. The number of anilines is 1. The van der Waals surface area contributed by atoms with E-state index in [9.17, 15) is 14.4 Å². The van der Waals surface area contributed by atoms with E-state index in [0.29, 0.717) is 32.1 Å². The summed E-state index contributed by atoms with van der Waals surface area (Å²) in [6.45, 7) is 3.86. The van der Waals surface area contributed by atoms with Crippen LogP contribution in [-0.4, -0.2) is 44.9 Å². The summed E-state index contributed by atoms with van der Waals surface area (Å²) in [4.78, 5) is 39.1. The van der Waals surface area contributed by atoms with Crippen LogP contribution in [-0.2, 0) is 29.4 Å². The fraction of sp³-hybridized carbons (Fsp3) is 0.400. The average Bonchev–Trinajstić information content (AvgIpc) is 3.42. The van der Waals surface area contributed by atoms with Crippen LogP contribution < -0.4 is 10.6 Å². The van der Waals surface area contributed by atoms with Gasteiger partial charge < -0.3 is 19.9 Å². The second kappa shape index (κ2) is 12.1. The normalized spacial score (nSPS) is 13.5. The van der Waals surface area contributed by atoms with E-state index in [1.165, 1.54) is 23.1 Å². The maximum absolute atomic E-state index is 12.8. The lowest BCUT2D eigenvalue weighted by atomic mass is 9.95. The lowest BCUT2D eigenvalue weighted by molar-refractivity contribution is -0.113. The van der Waals surface area contributed by atoms with Gasteiger partial charge in [0.2, 0.25) is 5.91 Å². The molecule has 2 aromatic heterocycles. The first-order chi connectivity index (χ1) is 17.8. The number of carbonyl (C=O) groups excluding carboxylic acids is 3. The molecule has 0 bridgehead atoms. The Morgan fingerprint density at radius 1 is 1.19 bits per heavy atom. The Morgan fingerprint density at radius 2 is 1.92 bits per heavy atom. The molecular weight excluding hydrogens is 534 g/mol. The van der Waals surface area contributed by atoms with Gasteiger partial charge in [0.25, 0.3) is 5.91 Å². The predicted molar refractivity (Wildman–Crippen MR) is 145 cm³/mol. The number of nitrogens with zero attached hydrogens (tertiary/aromatic N) is 3. The minimum absolute atomic E-state index is 0.0856. The summed E-state index contributed by atoms with van der Waals surface area (Å²) in [5.41, 5.74) is 1.98. The number of rotatable bonds is 9. The zero-order chi connectivity index (χ0) is 26.5. The number of ether oxygens (including phenoxy) is 1. The van der Waals surface area contributed by atoms with E-state index in [1.54, 1.807) is 42.8 Å². The van der Waals surface area contributed by atoms with Gasteiger partial charge in [0.15, 0.2) is 11.0 Å². The van der Waals surface area contributed by atoms with Gasteiger partial charge in [0.1, 0.15) is 5.00 Å². The number of hydrogen-bond donors (Lipinski definition) is 2. The average molecular weight is 562 g/mol. The standard InChI is InChI=1S/C25H28ClN5O4S2/c1-4-35-24(34)20-17-7-5-6-8-18(17)37-23(20)28-19(32)13-36-25-30-29-21(31(25)3)14(2)27-22(33)15-9-11-16(26)12-10-15/h9-12,14H,4-8,13H2,1-3H3,(H,27,33)(H,28,32)/t14-/m1/s1. The highest BCUT2D eigenvalue weighted by Gasteiger charge is 2.27. The fourth-order valence-electron chi connectivity index (χ4n) is 4.14. The van der Waals surface area contributed by atoms with Crippen molar-refractivity contribution < 1.29 is 19.1 Å². The van der Waals surface area contributed by atoms with E-state index in [0.717, 1.165) is 36.1 Å². The number of aryl methyl sites for hydroxylation is 1. The van der Waals surface area contributed by atoms with Crippen molar-refractivity contribution in [2.24, 2.45) is 7.05 Å². The minimum Gasteiger partial charge on any atom is -0.462 e. The van der Waals surface area contributed by atoms with Crippen LogP contribution in [0.3, 0.4) is 0 Å². The van der Waals surface area contributed by atoms with Crippen LogP contribution >= 0.6 is 34.7 Å². The van der Waals surface area contributed by atoms with Crippen molar-refractivity contribution in [2.75, 3.05) is 17.7 Å². The number of amides is 2. The number of carbonyl (C=O) groups is 3. The molecule has 3 aromatic rings. The van der Waals surface area contributed by atoms with Crippen LogP contribution in [0.25, 0.3) is 0 Å². The number of hydrogen-bond acceptors (Lipinski definition) is 8. The molecular formula is C25H28ClN5O4S2. The van der Waals surface area contributed by atoms with E-state index in [4.69, 9.17) is 16.3 Å². The van der Waals surface area contributed by atoms with E-state index in [2.05, 4.69) is 20.8 Å². The van der Waals surface area contributed by atoms with Gasteiger partial charge in [0.05, 0.1) is 24.0 Å². The first kappa shape index (κ1) is 27.2. The quantitative estimate of drug-likeness (QED) is 0.284. The number of nitrogens with one attached hydrogen (secondary N) is 2. The third-order valence-electron chi connectivity index (χ3n) is 5.95. The maximum Gasteiger partial charge on any atom is 0.341 e. The van der Waals surface area contributed by atoms with Crippen molar-refractivity contribution in [1.29, 1.82) is 0 Å². The summed E-state index contributed by atoms with van der Waals surface area (Å²) < 4.78 is 7.01. The van der Waals surface area contributed by atoms with Crippen LogP contribution in [0.1, 0.15) is 69.7 Å². The summed E-state index contributed by atoms with van der Waals surface area (Å²) in [5, 5.41) is 15.8. The Kier molecular flexibility index (Phi) is 8.88. The molecule has 1 aliphatic rings. The molecule has 1 aromatic carbocycles. The zero-order valence-electron chi connectivity index (χ0n) is 20.8. The van der Waals surface area contributed by atoms with Crippen LogP contribution in [0, 0.1) is 0 Å². The SMILES string of the molecule is CCOC(=O)c1c(NC(=O)CSc2nnc([C@@H](C)NC(=O)c3ccc(Cl)cc3)n2C)sc2c1CCCC2. The van der Waals surface area contributed by atoms with Gasteiger partial charge in [0, 0.05) is 22.5 Å². The number of aromatic nitrogens is 3. The molecule has 1 aliphatic carbocycles. The van der Waals surface area contributed by atoms with Crippen molar-refractivity contribution in [3.8, 4) is 0 Å². The molecule has 0 unspecified atom stereocenters. The molecule has 0 saturated carbocycles. The Labute approximate surface area is 228 Å². The number of fused-ring (bicyclic) bond motifs is 1. The van der Waals surface area contributed by atoms with Gasteiger partial charge in [-0.2, -0.15) is 0 Å². The number of thioether (sulfide) groups is 1. The van der Waals surface area contributed by atoms with E-state index in [-0.39, 0.29) is 24.2 Å². The summed E-state index contributed by atoms with van der Waals surface area (Å²) in [6.07, 6.45) is 3.82. The van der Waals surface area contributed by atoms with E-state index in [1.807, 2.05) is 6.92 Å². The molecule has 1 atom stereocenters. The van der Waals surface area contributed by atoms with Crippen molar-refractivity contribution in [2.45, 2.75) is 50.7 Å². The lowest BCUT2D eigenvalue weighted by Gasteiger charge is -2.13. The highest BCUT2D eigenvalue weighted by molar-refractivity contribution is 7.99. The second-order valence-electron chi connectivity index (χ2n) is 8.57. The maximum atomic E-state index is 12.8. The summed E-state index contributed by atoms with van der Waals surface area (Å²) in [7, 11) is 1.78. The van der Waals surface area contributed by atoms with Gasteiger partial charge >= 0.3 is 5.97 Å². The van der Waals surface area contributed by atoms with Gasteiger partial charge in [-0.1, -0.05) is 23.4 Å². The molecule has 196 valence electrons. The van der Waals surface area contributed by atoms with E-state index < -0.39 is 12.0 Å². The minimum atomic E-state index is -0.409. The third kappa shape index (κ3) is 6.34. The van der Waals surface area contributed by atoms with Crippen LogP contribution in [0.2, 0.25) is 5.02 Å². The Morgan fingerprint density at radius 3 is 2.65 bits per heavy atom. The van der Waals surface area contributed by atoms with Gasteiger partial charge in [-0.3, -0.25) is 9.59 Å². The molecule has 12 heteroatoms. The molecule has 2 heterocycles. The summed E-state index contributed by atoms with van der Waals surface area (Å²) in [5.74, 6) is -0.250. The Balaban J connectivity index is 1.38. The molecule has 0 aliphatic heterocycles. The number of halogens is 1. The van der Waals surface area contributed by atoms with E-state index >= 15 is 0 Å². The van der Waals surface area contributed by atoms with Crippen LogP contribution in [0.5, 0.6) is 0 Å². The largest absolute Gasteiger partial charge is 0.462 e. The topological polar surface area (TPSA) is 115 Å². The Hall–Kier alpha value is -2.89. The predicted octanol–water partition coefficient (Wildman–Crippen LogP) is 4.81. The third-order valence-corrected chi connectivity index (χ3v) is 8.43. The molecule has 2 amide bonds. The van der Waals surface area contributed by atoms with Gasteiger partial charge in [-0.05, 0) is 69.4 Å². The van der Waals surface area contributed by atoms with Crippen molar-refractivity contribution in [1.82, 2.24) is 20.1 Å². The fourth-order valence-corrected chi connectivity index (χ4v) is 6.28. The smallest absolute Gasteiger partial charge is 0.341 e. The number of esters is 1. The molecule has 2 N–H and O–H groups in total. The van der Waals surface area contributed by atoms with Gasteiger partial charge in [-0.25, -0.2) is 4.79 Å².